The Morgan fingerprint density at radius 3 is 2.36 bits per heavy atom. The quantitative estimate of drug-likeness (QED) is 0.598. The Kier molecular flexibility index (Phi) is 4.29. The summed E-state index contributed by atoms with van der Waals surface area (Å²) < 4.78 is 48.8. The fraction of sp³-hybridized carbons (Fsp3) is 0.211. The zero-order valence-electron chi connectivity index (χ0n) is 13.3. The number of esters is 1. The number of benzene rings is 2. The van der Waals surface area contributed by atoms with Crippen LogP contribution in [0.1, 0.15) is 28.7 Å². The van der Waals surface area contributed by atoms with Crippen molar-refractivity contribution in [3.05, 3.63) is 77.4 Å². The Labute approximate surface area is 142 Å². The summed E-state index contributed by atoms with van der Waals surface area (Å²) in [5, 5.41) is 0. The van der Waals surface area contributed by atoms with Crippen LogP contribution in [0.25, 0.3) is 0 Å². The monoisotopic (exact) mass is 348 g/mol. The molecule has 2 atom stereocenters. The summed E-state index contributed by atoms with van der Waals surface area (Å²) in [7, 11) is 1.52. The number of hydrogen-bond donors (Lipinski definition) is 0. The highest BCUT2D eigenvalue weighted by Gasteiger charge is 2.41. The van der Waals surface area contributed by atoms with Crippen molar-refractivity contribution < 1.29 is 27.4 Å². The summed E-state index contributed by atoms with van der Waals surface area (Å²) >= 11 is 0. The third-order valence-electron chi connectivity index (χ3n) is 4.19. The van der Waals surface area contributed by atoms with Gasteiger partial charge in [-0.15, -0.1) is 0 Å². The van der Waals surface area contributed by atoms with Crippen molar-refractivity contribution in [1.29, 1.82) is 0 Å². The molecule has 0 aromatic heterocycles. The number of alkyl halides is 3. The average Bonchev–Trinajstić information content (AvgIpc) is 2.89. The summed E-state index contributed by atoms with van der Waals surface area (Å²) in [4.78, 5) is 12.0. The molecule has 2 aromatic rings. The van der Waals surface area contributed by atoms with Gasteiger partial charge < -0.3 is 9.47 Å². The van der Waals surface area contributed by atoms with Crippen molar-refractivity contribution in [3.63, 3.8) is 0 Å². The van der Waals surface area contributed by atoms with Crippen LogP contribution in [0.4, 0.5) is 13.2 Å². The van der Waals surface area contributed by atoms with E-state index in [9.17, 15) is 18.0 Å². The molecule has 0 saturated carbocycles. The first-order valence-electron chi connectivity index (χ1n) is 7.52. The summed E-state index contributed by atoms with van der Waals surface area (Å²) in [6.45, 7) is 3.75. The molecule has 0 bridgehead atoms. The zero-order valence-corrected chi connectivity index (χ0v) is 13.3. The first-order chi connectivity index (χ1) is 11.8. The van der Waals surface area contributed by atoms with Crippen LogP contribution in [-0.4, -0.2) is 13.1 Å². The van der Waals surface area contributed by atoms with Crippen LogP contribution in [-0.2, 0) is 15.7 Å². The molecule has 0 radical (unpaired) electrons. The van der Waals surface area contributed by atoms with E-state index in [1.54, 1.807) is 24.3 Å². The van der Waals surface area contributed by atoms with E-state index in [1.165, 1.54) is 19.2 Å². The van der Waals surface area contributed by atoms with Gasteiger partial charge in [0.2, 0.25) is 0 Å². The van der Waals surface area contributed by atoms with Crippen molar-refractivity contribution in [2.24, 2.45) is 0 Å². The van der Waals surface area contributed by atoms with E-state index < -0.39 is 29.7 Å². The second-order valence-electron chi connectivity index (χ2n) is 5.73. The molecule has 130 valence electrons. The largest absolute Gasteiger partial charge is 0.497 e. The van der Waals surface area contributed by atoms with Crippen LogP contribution < -0.4 is 4.74 Å². The van der Waals surface area contributed by atoms with E-state index in [1.807, 2.05) is 0 Å². The van der Waals surface area contributed by atoms with Gasteiger partial charge in [-0.1, -0.05) is 30.8 Å². The number of hydrogen-bond acceptors (Lipinski definition) is 3. The van der Waals surface area contributed by atoms with Gasteiger partial charge in [0.05, 0.1) is 18.6 Å². The molecule has 1 heterocycles. The normalized spacial score (nSPS) is 20.5. The maximum atomic E-state index is 12.8. The molecule has 0 amide bonds. The Morgan fingerprint density at radius 2 is 1.76 bits per heavy atom. The van der Waals surface area contributed by atoms with Gasteiger partial charge in [-0.3, -0.25) is 0 Å². The van der Waals surface area contributed by atoms with Crippen LogP contribution >= 0.6 is 0 Å². The molecule has 25 heavy (non-hydrogen) atoms. The fourth-order valence-corrected chi connectivity index (χ4v) is 2.90. The topological polar surface area (TPSA) is 35.5 Å². The molecule has 3 rings (SSSR count). The standard InChI is InChI=1S/C19H15F3O3/c1-11-16(12-6-8-14(9-7-12)19(20,21)22)17(25-18(11)23)13-4-3-5-15(10-13)24-2/h3-10,16-17H,1H2,2H3/t16-,17+/m0/s1. The minimum atomic E-state index is -4.41. The third kappa shape index (κ3) is 3.24. The van der Waals surface area contributed by atoms with Gasteiger partial charge in [-0.2, -0.15) is 13.2 Å². The van der Waals surface area contributed by atoms with Crippen molar-refractivity contribution in [2.75, 3.05) is 7.11 Å². The number of cyclic esters (lactones) is 1. The first kappa shape index (κ1) is 17.1. The van der Waals surface area contributed by atoms with Crippen molar-refractivity contribution >= 4 is 5.97 Å². The maximum Gasteiger partial charge on any atom is 0.416 e. The van der Waals surface area contributed by atoms with E-state index in [2.05, 4.69) is 6.58 Å². The van der Waals surface area contributed by atoms with E-state index in [0.29, 0.717) is 16.9 Å². The van der Waals surface area contributed by atoms with E-state index in [-0.39, 0.29) is 5.57 Å². The van der Waals surface area contributed by atoms with Gasteiger partial charge >= 0.3 is 12.1 Å². The molecule has 1 fully saturated rings. The average molecular weight is 348 g/mol. The molecule has 0 unspecified atom stereocenters. The van der Waals surface area contributed by atoms with Crippen LogP contribution in [0, 0.1) is 0 Å². The van der Waals surface area contributed by atoms with E-state index in [0.717, 1.165) is 12.1 Å². The Bertz CT molecular complexity index is 809. The number of methoxy groups -OCH3 is 1. The lowest BCUT2D eigenvalue weighted by Gasteiger charge is -2.19. The first-order valence-corrected chi connectivity index (χ1v) is 7.52. The highest BCUT2D eigenvalue weighted by molar-refractivity contribution is 5.92. The Hall–Kier alpha value is -2.76. The van der Waals surface area contributed by atoms with Crippen molar-refractivity contribution in [1.82, 2.24) is 0 Å². The second-order valence-corrected chi connectivity index (χ2v) is 5.73. The zero-order chi connectivity index (χ0) is 18.2. The summed E-state index contributed by atoms with van der Waals surface area (Å²) in [6.07, 6.45) is -5.07. The van der Waals surface area contributed by atoms with E-state index >= 15 is 0 Å². The molecule has 1 saturated heterocycles. The SMILES string of the molecule is C=C1C(=O)O[C@H](c2cccc(OC)c2)[C@@H]1c1ccc(C(F)(F)F)cc1. The number of ether oxygens (including phenoxy) is 2. The number of carbonyl (C=O) groups excluding carboxylic acids is 1. The van der Waals surface area contributed by atoms with Crippen LogP contribution in [0.5, 0.6) is 5.75 Å². The fourth-order valence-electron chi connectivity index (χ4n) is 2.90. The Morgan fingerprint density at radius 1 is 1.08 bits per heavy atom. The molecule has 0 aliphatic carbocycles. The molecule has 1 aliphatic rings. The van der Waals surface area contributed by atoms with Gasteiger partial charge in [-0.05, 0) is 35.4 Å². The van der Waals surface area contributed by atoms with Crippen LogP contribution in [0.15, 0.2) is 60.7 Å². The lowest BCUT2D eigenvalue weighted by molar-refractivity contribution is -0.139. The van der Waals surface area contributed by atoms with Gasteiger partial charge in [0.15, 0.2) is 0 Å². The minimum absolute atomic E-state index is 0.215. The lowest BCUT2D eigenvalue weighted by atomic mass is 9.85. The molecule has 2 aromatic carbocycles. The Balaban J connectivity index is 1.99. The predicted molar refractivity (Wildman–Crippen MR) is 85.2 cm³/mol. The molecular weight excluding hydrogens is 333 g/mol. The van der Waals surface area contributed by atoms with Crippen LogP contribution in [0.3, 0.4) is 0 Å². The third-order valence-corrected chi connectivity index (χ3v) is 4.19. The molecule has 0 spiro atoms. The van der Waals surface area contributed by atoms with Gasteiger partial charge in [-0.25, -0.2) is 4.79 Å². The van der Waals surface area contributed by atoms with Gasteiger partial charge in [0, 0.05) is 5.57 Å². The van der Waals surface area contributed by atoms with Crippen molar-refractivity contribution in [3.8, 4) is 5.75 Å². The van der Waals surface area contributed by atoms with Crippen LogP contribution in [0.2, 0.25) is 0 Å². The summed E-state index contributed by atoms with van der Waals surface area (Å²) in [5.41, 5.74) is 0.700. The van der Waals surface area contributed by atoms with E-state index in [4.69, 9.17) is 9.47 Å². The van der Waals surface area contributed by atoms with Gasteiger partial charge in [0.25, 0.3) is 0 Å². The molecule has 1 aliphatic heterocycles. The highest BCUT2D eigenvalue weighted by atomic mass is 19.4. The number of carbonyl (C=O) groups is 1. The molecule has 6 heteroatoms. The van der Waals surface area contributed by atoms with Gasteiger partial charge in [0.1, 0.15) is 11.9 Å². The molecule has 0 N–H and O–H groups in total. The summed E-state index contributed by atoms with van der Waals surface area (Å²) in [5.74, 6) is -0.517. The van der Waals surface area contributed by atoms with Crippen molar-refractivity contribution in [2.45, 2.75) is 18.2 Å². The number of rotatable bonds is 3. The summed E-state index contributed by atoms with van der Waals surface area (Å²) in [6, 6.07) is 11.7. The molecular formula is C19H15F3O3. The molecule has 3 nitrogen and oxygen atoms in total. The second kappa shape index (κ2) is 6.27. The predicted octanol–water partition coefficient (Wildman–Crippen LogP) is 4.65. The lowest BCUT2D eigenvalue weighted by Crippen LogP contribution is -2.09. The smallest absolute Gasteiger partial charge is 0.416 e. The minimum Gasteiger partial charge on any atom is -0.497 e. The maximum absolute atomic E-state index is 12.8. The highest BCUT2D eigenvalue weighted by Crippen LogP contribution is 2.46. The number of halogens is 3.